The molecule has 0 fully saturated rings. The number of alkyl halides is 1. The standard InChI is InChI=1S/C19H24ClN3O9/c20-6-15(24)21-13-3-1-12(2-4-13)5-14(23(10-18(29)30)11-19(31)32)7-22(8-16(25)26)9-17(27)28/h1-4,14H,5-11H2,(H,21,24)(H,25,26)(H,27,28)(H,29,30)(H,31,32). The molecule has 0 aliphatic carbocycles. The number of rotatable bonds is 15. The van der Waals surface area contributed by atoms with Gasteiger partial charge in [-0.25, -0.2) is 0 Å². The third-order valence-corrected chi connectivity index (χ3v) is 4.45. The molecule has 1 aromatic carbocycles. The van der Waals surface area contributed by atoms with Gasteiger partial charge < -0.3 is 25.7 Å². The smallest absolute Gasteiger partial charge is 0.317 e. The zero-order valence-electron chi connectivity index (χ0n) is 16.9. The summed E-state index contributed by atoms with van der Waals surface area (Å²) in [5, 5.41) is 39.1. The first-order valence-electron chi connectivity index (χ1n) is 9.28. The summed E-state index contributed by atoms with van der Waals surface area (Å²) in [5.74, 6) is -5.80. The number of hydrogen-bond acceptors (Lipinski definition) is 7. The zero-order valence-corrected chi connectivity index (χ0v) is 17.7. The van der Waals surface area contributed by atoms with Crippen LogP contribution < -0.4 is 5.32 Å². The quantitative estimate of drug-likeness (QED) is 0.211. The van der Waals surface area contributed by atoms with Gasteiger partial charge in [0.05, 0.1) is 26.2 Å². The van der Waals surface area contributed by atoms with Gasteiger partial charge in [0, 0.05) is 18.3 Å². The molecule has 1 rings (SSSR count). The van der Waals surface area contributed by atoms with Crippen LogP contribution in [-0.4, -0.2) is 105 Å². The van der Waals surface area contributed by atoms with Crippen molar-refractivity contribution < 1.29 is 44.4 Å². The Morgan fingerprint density at radius 2 is 1.28 bits per heavy atom. The lowest BCUT2D eigenvalue weighted by Crippen LogP contribution is -2.50. The molecule has 0 aliphatic rings. The summed E-state index contributed by atoms with van der Waals surface area (Å²) in [6.45, 7) is -2.74. The fraction of sp³-hybridized carbons (Fsp3) is 0.421. The Kier molecular flexibility index (Phi) is 11.1. The van der Waals surface area contributed by atoms with Crippen molar-refractivity contribution in [1.82, 2.24) is 9.80 Å². The van der Waals surface area contributed by atoms with E-state index in [9.17, 15) is 34.2 Å². The Balaban J connectivity index is 3.16. The van der Waals surface area contributed by atoms with E-state index in [1.165, 1.54) is 0 Å². The van der Waals surface area contributed by atoms with E-state index in [1.54, 1.807) is 24.3 Å². The van der Waals surface area contributed by atoms with Crippen LogP contribution in [-0.2, 0) is 30.4 Å². The van der Waals surface area contributed by atoms with Gasteiger partial charge in [0.1, 0.15) is 5.88 Å². The van der Waals surface area contributed by atoms with Crippen LogP contribution in [0.15, 0.2) is 24.3 Å². The molecule has 0 saturated carbocycles. The topological polar surface area (TPSA) is 185 Å². The lowest BCUT2D eigenvalue weighted by atomic mass is 10.0. The number of amides is 1. The summed E-state index contributed by atoms with van der Waals surface area (Å²) in [6, 6.07) is 5.55. The molecule has 0 aliphatic heterocycles. The van der Waals surface area contributed by atoms with Gasteiger partial charge in [0.2, 0.25) is 5.91 Å². The van der Waals surface area contributed by atoms with Crippen molar-refractivity contribution in [2.75, 3.05) is 43.9 Å². The molecular formula is C19H24ClN3O9. The predicted octanol–water partition coefficient (Wildman–Crippen LogP) is -0.283. The molecule has 0 heterocycles. The second-order valence-corrected chi connectivity index (χ2v) is 7.15. The number of carboxylic acid groups (broad SMARTS) is 4. The normalized spacial score (nSPS) is 11.8. The number of carboxylic acids is 4. The SMILES string of the molecule is O=C(O)CN(CC(=O)O)CC(Cc1ccc(NC(=O)CCl)cc1)N(CC(=O)O)CC(=O)O. The van der Waals surface area contributed by atoms with Crippen LogP contribution in [0.4, 0.5) is 5.69 Å². The Bertz CT molecular complexity index is 800. The Morgan fingerprint density at radius 1 is 0.812 bits per heavy atom. The van der Waals surface area contributed by atoms with Crippen LogP contribution in [0.25, 0.3) is 0 Å². The second-order valence-electron chi connectivity index (χ2n) is 6.89. The molecule has 5 N–H and O–H groups in total. The Hall–Kier alpha value is -3.22. The van der Waals surface area contributed by atoms with E-state index in [4.69, 9.17) is 21.8 Å². The molecule has 1 amide bonds. The molecule has 0 bridgehead atoms. The summed E-state index contributed by atoms with van der Waals surface area (Å²) >= 11 is 5.44. The largest absolute Gasteiger partial charge is 0.480 e. The van der Waals surface area contributed by atoms with E-state index in [1.807, 2.05) is 0 Å². The Labute approximate surface area is 188 Å². The molecule has 0 spiro atoms. The summed E-state index contributed by atoms with van der Waals surface area (Å²) in [6.07, 6.45) is 0.0973. The zero-order chi connectivity index (χ0) is 24.3. The number of nitrogens with zero attached hydrogens (tertiary/aromatic N) is 2. The van der Waals surface area contributed by atoms with Crippen LogP contribution in [0.5, 0.6) is 0 Å². The van der Waals surface area contributed by atoms with Gasteiger partial charge in [-0.05, 0) is 24.1 Å². The molecule has 0 saturated heterocycles. The van der Waals surface area contributed by atoms with E-state index in [-0.39, 0.29) is 18.8 Å². The van der Waals surface area contributed by atoms with Crippen LogP contribution in [0, 0.1) is 0 Å². The fourth-order valence-corrected chi connectivity index (χ4v) is 3.09. The monoisotopic (exact) mass is 473 g/mol. The maximum Gasteiger partial charge on any atom is 0.317 e. The van der Waals surface area contributed by atoms with Crippen molar-refractivity contribution >= 4 is 47.1 Å². The van der Waals surface area contributed by atoms with Crippen molar-refractivity contribution in [3.05, 3.63) is 29.8 Å². The number of anilines is 1. The van der Waals surface area contributed by atoms with Gasteiger partial charge >= 0.3 is 23.9 Å². The minimum atomic E-state index is -1.29. The van der Waals surface area contributed by atoms with E-state index in [2.05, 4.69) is 5.32 Å². The number of nitrogens with one attached hydrogen (secondary N) is 1. The van der Waals surface area contributed by atoms with Gasteiger partial charge in [-0.15, -0.1) is 11.6 Å². The number of hydrogen-bond donors (Lipinski definition) is 5. The summed E-state index contributed by atoms with van der Waals surface area (Å²) < 4.78 is 0. The minimum absolute atomic E-state index is 0.0973. The maximum atomic E-state index is 11.4. The molecule has 0 aromatic heterocycles. The van der Waals surface area contributed by atoms with Crippen molar-refractivity contribution in [1.29, 1.82) is 0 Å². The minimum Gasteiger partial charge on any atom is -0.480 e. The first kappa shape index (κ1) is 26.8. The number of benzene rings is 1. The second kappa shape index (κ2) is 13.2. The average molecular weight is 474 g/mol. The summed E-state index contributed by atoms with van der Waals surface area (Å²) in [7, 11) is 0. The van der Waals surface area contributed by atoms with Crippen molar-refractivity contribution in [3.8, 4) is 0 Å². The molecule has 176 valence electrons. The highest BCUT2D eigenvalue weighted by atomic mass is 35.5. The van der Waals surface area contributed by atoms with Gasteiger partial charge in [-0.3, -0.25) is 33.8 Å². The van der Waals surface area contributed by atoms with Gasteiger partial charge in [0.15, 0.2) is 0 Å². The lowest BCUT2D eigenvalue weighted by Gasteiger charge is -2.33. The van der Waals surface area contributed by atoms with Gasteiger partial charge in [-0.1, -0.05) is 12.1 Å². The molecule has 1 atom stereocenters. The van der Waals surface area contributed by atoms with Crippen LogP contribution >= 0.6 is 11.6 Å². The van der Waals surface area contributed by atoms with Crippen molar-refractivity contribution in [3.63, 3.8) is 0 Å². The molecule has 32 heavy (non-hydrogen) atoms. The number of carbonyl (C=O) groups is 5. The van der Waals surface area contributed by atoms with Crippen LogP contribution in [0.3, 0.4) is 0 Å². The molecule has 1 unspecified atom stereocenters. The first-order valence-corrected chi connectivity index (χ1v) is 9.82. The Morgan fingerprint density at radius 3 is 1.69 bits per heavy atom. The third-order valence-electron chi connectivity index (χ3n) is 4.21. The molecule has 1 aromatic rings. The number of aliphatic carboxylic acids is 4. The van der Waals surface area contributed by atoms with E-state index in [0.717, 1.165) is 9.80 Å². The lowest BCUT2D eigenvalue weighted by molar-refractivity contribution is -0.146. The molecular weight excluding hydrogens is 450 g/mol. The summed E-state index contributed by atoms with van der Waals surface area (Å²) in [5.41, 5.74) is 1.09. The maximum absolute atomic E-state index is 11.4. The van der Waals surface area contributed by atoms with Gasteiger partial charge in [-0.2, -0.15) is 0 Å². The highest BCUT2D eigenvalue weighted by Gasteiger charge is 2.27. The molecule has 13 heteroatoms. The predicted molar refractivity (Wildman–Crippen MR) is 112 cm³/mol. The number of halogens is 1. The van der Waals surface area contributed by atoms with Crippen molar-refractivity contribution in [2.45, 2.75) is 12.5 Å². The highest BCUT2D eigenvalue weighted by molar-refractivity contribution is 6.29. The van der Waals surface area contributed by atoms with E-state index >= 15 is 0 Å². The summed E-state index contributed by atoms with van der Waals surface area (Å²) in [4.78, 5) is 58.4. The van der Waals surface area contributed by atoms with E-state index in [0.29, 0.717) is 11.3 Å². The first-order chi connectivity index (χ1) is 15.0. The molecule has 12 nitrogen and oxygen atoms in total. The van der Waals surface area contributed by atoms with Crippen LogP contribution in [0.1, 0.15) is 5.56 Å². The van der Waals surface area contributed by atoms with Gasteiger partial charge in [0.25, 0.3) is 0 Å². The molecule has 0 radical (unpaired) electrons. The number of carbonyl (C=O) groups excluding carboxylic acids is 1. The average Bonchev–Trinajstić information content (AvgIpc) is 2.66. The van der Waals surface area contributed by atoms with Crippen molar-refractivity contribution in [2.24, 2.45) is 0 Å². The fourth-order valence-electron chi connectivity index (χ4n) is 3.03. The van der Waals surface area contributed by atoms with Crippen LogP contribution in [0.2, 0.25) is 0 Å². The van der Waals surface area contributed by atoms with E-state index < -0.39 is 62.0 Å². The third kappa shape index (κ3) is 10.7. The highest BCUT2D eigenvalue weighted by Crippen LogP contribution is 2.15.